The molecule has 0 saturated heterocycles. The van der Waals surface area contributed by atoms with Gasteiger partial charge in [0.2, 0.25) is 5.95 Å². The molecule has 112 valence electrons. The molecular weight excluding hydrogens is 262 g/mol. The molecule has 1 N–H and O–H groups in total. The van der Waals surface area contributed by atoms with Gasteiger partial charge in [-0.25, -0.2) is 4.98 Å². The van der Waals surface area contributed by atoms with E-state index in [1.54, 1.807) is 12.4 Å². The fraction of sp³-hybridized carbons (Fsp3) is 0.438. The van der Waals surface area contributed by atoms with Crippen molar-refractivity contribution in [1.29, 1.82) is 0 Å². The number of pyridine rings is 1. The Hall–Kier alpha value is -2.17. The van der Waals surface area contributed by atoms with Crippen LogP contribution in [0.5, 0.6) is 0 Å². The van der Waals surface area contributed by atoms with E-state index < -0.39 is 0 Å². The molecule has 0 aliphatic rings. The van der Waals surface area contributed by atoms with Crippen molar-refractivity contribution in [2.24, 2.45) is 0 Å². The quantitative estimate of drug-likeness (QED) is 0.847. The average Bonchev–Trinajstić information content (AvgIpc) is 2.51. The normalized spacial score (nSPS) is 10.4. The Morgan fingerprint density at radius 1 is 1.19 bits per heavy atom. The van der Waals surface area contributed by atoms with Crippen molar-refractivity contribution in [2.75, 3.05) is 23.8 Å². The van der Waals surface area contributed by atoms with Crippen molar-refractivity contribution in [1.82, 2.24) is 15.0 Å². The molecule has 5 heteroatoms. The highest BCUT2D eigenvalue weighted by molar-refractivity contribution is 5.43. The zero-order chi connectivity index (χ0) is 15.1. The van der Waals surface area contributed by atoms with Crippen LogP contribution in [0.25, 0.3) is 0 Å². The summed E-state index contributed by atoms with van der Waals surface area (Å²) in [5, 5.41) is 3.35. The van der Waals surface area contributed by atoms with E-state index in [2.05, 4.69) is 32.1 Å². The van der Waals surface area contributed by atoms with Crippen LogP contribution in [0.3, 0.4) is 0 Å². The Kier molecular flexibility index (Phi) is 5.49. The zero-order valence-corrected chi connectivity index (χ0v) is 13.0. The van der Waals surface area contributed by atoms with Gasteiger partial charge in [-0.3, -0.25) is 4.98 Å². The number of anilines is 2. The molecule has 2 heterocycles. The van der Waals surface area contributed by atoms with Crippen LogP contribution in [0, 0.1) is 6.92 Å². The first kappa shape index (κ1) is 15.2. The lowest BCUT2D eigenvalue weighted by Crippen LogP contribution is -2.21. The van der Waals surface area contributed by atoms with Gasteiger partial charge < -0.3 is 10.2 Å². The first-order valence-corrected chi connectivity index (χ1v) is 7.38. The smallest absolute Gasteiger partial charge is 0.227 e. The number of aromatic nitrogens is 3. The number of unbranched alkanes of at least 4 members (excludes halogenated alkanes) is 1. The van der Waals surface area contributed by atoms with Crippen LogP contribution < -0.4 is 10.2 Å². The van der Waals surface area contributed by atoms with Gasteiger partial charge in [0.1, 0.15) is 5.82 Å². The maximum absolute atomic E-state index is 4.59. The van der Waals surface area contributed by atoms with Crippen molar-refractivity contribution in [3.63, 3.8) is 0 Å². The molecule has 2 aromatic rings. The van der Waals surface area contributed by atoms with Crippen molar-refractivity contribution in [3.8, 4) is 0 Å². The highest BCUT2D eigenvalue weighted by Crippen LogP contribution is 2.14. The van der Waals surface area contributed by atoms with Gasteiger partial charge in [-0.15, -0.1) is 0 Å². The second-order valence-electron chi connectivity index (χ2n) is 5.18. The Bertz CT molecular complexity index is 556. The van der Waals surface area contributed by atoms with Gasteiger partial charge >= 0.3 is 0 Å². The minimum atomic E-state index is 0.733. The highest BCUT2D eigenvalue weighted by atomic mass is 15.2. The molecule has 2 aromatic heterocycles. The van der Waals surface area contributed by atoms with E-state index in [0.29, 0.717) is 0 Å². The van der Waals surface area contributed by atoms with Crippen LogP contribution in [-0.4, -0.2) is 28.5 Å². The van der Waals surface area contributed by atoms with Gasteiger partial charge in [-0.05, 0) is 31.0 Å². The Morgan fingerprint density at radius 3 is 2.67 bits per heavy atom. The molecule has 21 heavy (non-hydrogen) atoms. The molecule has 0 spiro atoms. The summed E-state index contributed by atoms with van der Waals surface area (Å²) in [6.07, 6.45) is 5.91. The molecule has 0 unspecified atom stereocenters. The van der Waals surface area contributed by atoms with E-state index in [1.807, 2.05) is 32.2 Å². The van der Waals surface area contributed by atoms with Crippen molar-refractivity contribution in [2.45, 2.75) is 33.2 Å². The van der Waals surface area contributed by atoms with Crippen LogP contribution in [0.4, 0.5) is 11.8 Å². The van der Waals surface area contributed by atoms with Crippen LogP contribution in [-0.2, 0) is 6.54 Å². The van der Waals surface area contributed by atoms with E-state index in [1.165, 1.54) is 12.0 Å². The van der Waals surface area contributed by atoms with Gasteiger partial charge in [0.15, 0.2) is 0 Å². The summed E-state index contributed by atoms with van der Waals surface area (Å²) in [7, 11) is 2.04. The standard InChI is InChI=1S/C16H23N5/c1-4-5-10-21(3)16-19-13(2)11-15(20-16)18-12-14-6-8-17-9-7-14/h6-9,11H,4-5,10,12H2,1-3H3,(H,18,19,20). The minimum absolute atomic E-state index is 0.733. The van der Waals surface area contributed by atoms with E-state index in [-0.39, 0.29) is 0 Å². The first-order chi connectivity index (χ1) is 10.2. The SMILES string of the molecule is CCCCN(C)c1nc(C)cc(NCc2ccncc2)n1. The topological polar surface area (TPSA) is 53.9 Å². The van der Waals surface area contributed by atoms with E-state index in [4.69, 9.17) is 0 Å². The second-order valence-corrected chi connectivity index (χ2v) is 5.18. The van der Waals surface area contributed by atoms with Crippen LogP contribution in [0.1, 0.15) is 31.0 Å². The molecule has 0 aliphatic carbocycles. The third-order valence-corrected chi connectivity index (χ3v) is 3.25. The summed E-state index contributed by atoms with van der Waals surface area (Å²) in [5.41, 5.74) is 2.16. The summed E-state index contributed by atoms with van der Waals surface area (Å²) >= 11 is 0. The Balaban J connectivity index is 2.04. The van der Waals surface area contributed by atoms with Crippen LogP contribution in [0.15, 0.2) is 30.6 Å². The lowest BCUT2D eigenvalue weighted by molar-refractivity contribution is 0.748. The lowest BCUT2D eigenvalue weighted by atomic mass is 10.3. The zero-order valence-electron chi connectivity index (χ0n) is 13.0. The number of hydrogen-bond acceptors (Lipinski definition) is 5. The van der Waals surface area contributed by atoms with Gasteiger partial charge in [-0.2, -0.15) is 4.98 Å². The monoisotopic (exact) mass is 285 g/mol. The maximum Gasteiger partial charge on any atom is 0.227 e. The van der Waals surface area contributed by atoms with E-state index >= 15 is 0 Å². The van der Waals surface area contributed by atoms with Crippen molar-refractivity contribution >= 4 is 11.8 Å². The number of nitrogens with zero attached hydrogens (tertiary/aromatic N) is 4. The predicted molar refractivity (Wildman–Crippen MR) is 86.5 cm³/mol. The fourth-order valence-electron chi connectivity index (χ4n) is 2.00. The fourth-order valence-corrected chi connectivity index (χ4v) is 2.00. The third kappa shape index (κ3) is 4.70. The molecule has 0 aliphatic heterocycles. The van der Waals surface area contributed by atoms with Gasteiger partial charge in [0.25, 0.3) is 0 Å². The molecule has 0 atom stereocenters. The number of hydrogen-bond donors (Lipinski definition) is 1. The number of rotatable bonds is 7. The van der Waals surface area contributed by atoms with Gasteiger partial charge in [-0.1, -0.05) is 13.3 Å². The predicted octanol–water partition coefficient (Wildman–Crippen LogP) is 3.03. The molecule has 5 nitrogen and oxygen atoms in total. The number of aryl methyl sites for hydroxylation is 1. The molecule has 0 bridgehead atoms. The summed E-state index contributed by atoms with van der Waals surface area (Å²) < 4.78 is 0. The Labute approximate surface area is 126 Å². The third-order valence-electron chi connectivity index (χ3n) is 3.25. The lowest BCUT2D eigenvalue weighted by Gasteiger charge is -2.18. The Morgan fingerprint density at radius 2 is 1.95 bits per heavy atom. The van der Waals surface area contributed by atoms with Crippen molar-refractivity contribution in [3.05, 3.63) is 41.9 Å². The molecule has 0 radical (unpaired) electrons. The molecule has 0 fully saturated rings. The van der Waals surface area contributed by atoms with Crippen molar-refractivity contribution < 1.29 is 0 Å². The van der Waals surface area contributed by atoms with E-state index in [0.717, 1.165) is 37.0 Å². The molecule has 2 rings (SSSR count). The summed E-state index contributed by atoms with van der Waals surface area (Å²) in [6, 6.07) is 5.96. The molecule has 0 amide bonds. The molecule has 0 aromatic carbocycles. The van der Waals surface area contributed by atoms with Crippen LogP contribution in [0.2, 0.25) is 0 Å². The second kappa shape index (κ2) is 7.57. The van der Waals surface area contributed by atoms with Crippen LogP contribution >= 0.6 is 0 Å². The molecular formula is C16H23N5. The first-order valence-electron chi connectivity index (χ1n) is 7.38. The summed E-state index contributed by atoms with van der Waals surface area (Å²) in [4.78, 5) is 15.2. The minimum Gasteiger partial charge on any atom is -0.366 e. The summed E-state index contributed by atoms with van der Waals surface area (Å²) in [6.45, 7) is 5.89. The largest absolute Gasteiger partial charge is 0.366 e. The maximum atomic E-state index is 4.59. The van der Waals surface area contributed by atoms with Gasteiger partial charge in [0, 0.05) is 44.3 Å². The molecule has 0 saturated carbocycles. The van der Waals surface area contributed by atoms with Gasteiger partial charge in [0.05, 0.1) is 0 Å². The summed E-state index contributed by atoms with van der Waals surface area (Å²) in [5.74, 6) is 1.64. The van der Waals surface area contributed by atoms with E-state index in [9.17, 15) is 0 Å². The highest BCUT2D eigenvalue weighted by Gasteiger charge is 2.07. The average molecular weight is 285 g/mol. The number of nitrogens with one attached hydrogen (secondary N) is 1.